The molecule has 2 amide bonds. The van der Waals surface area contributed by atoms with E-state index in [1.54, 1.807) is 52.6 Å². The first-order valence-electron chi connectivity index (χ1n) is 13.4. The summed E-state index contributed by atoms with van der Waals surface area (Å²) in [6.45, 7) is 2.29. The van der Waals surface area contributed by atoms with Crippen LogP contribution in [-0.2, 0) is 18.3 Å². The highest BCUT2D eigenvalue weighted by atomic mass is 32.1. The second-order valence-electron chi connectivity index (χ2n) is 9.85. The number of hydrogen-bond donors (Lipinski definition) is 1. The molecule has 5 rings (SSSR count). The number of benzene rings is 3. The fraction of sp³-hybridized carbons (Fsp3) is 0.226. The number of amides is 2. The summed E-state index contributed by atoms with van der Waals surface area (Å²) in [7, 11) is 3.52. The maximum atomic E-state index is 13.4. The SMILES string of the molecule is CN(c1c(C#N)c(=NC(=O)Nc2ccccc2)n(C)c(=S)n1-c1ccccc1)C1CN(Cc2ccc(F)cc2)CCO1. The predicted molar refractivity (Wildman–Crippen MR) is 161 cm³/mol. The van der Waals surface area contributed by atoms with Crippen LogP contribution in [0, 0.1) is 21.9 Å². The Morgan fingerprint density at radius 1 is 1.12 bits per heavy atom. The molecule has 0 aliphatic carbocycles. The topological polar surface area (TPSA) is 90.8 Å². The van der Waals surface area contributed by atoms with Gasteiger partial charge < -0.3 is 19.5 Å². The number of para-hydroxylation sites is 2. The minimum atomic E-state index is -0.631. The lowest BCUT2D eigenvalue weighted by atomic mass is 10.2. The molecule has 0 spiro atoms. The summed E-state index contributed by atoms with van der Waals surface area (Å²) in [5.41, 5.74) is 2.61. The summed E-state index contributed by atoms with van der Waals surface area (Å²) in [6, 6.07) is 26.5. The molecule has 9 nitrogen and oxygen atoms in total. The van der Waals surface area contributed by atoms with Crippen LogP contribution in [0.5, 0.6) is 0 Å². The van der Waals surface area contributed by atoms with E-state index in [1.807, 2.05) is 48.3 Å². The standard InChI is InChI=1S/C31H30FN7O2S/c1-36(27-21-38(17-18-41-27)20-22-13-15-23(32)16-14-22)29-26(19-33)28(35-30(40)34-24-9-5-3-6-10-24)37(2)31(42)39(29)25-11-7-4-8-12-25/h3-16,27H,17-18,20-21H2,1-2H3,(H,34,40). The summed E-state index contributed by atoms with van der Waals surface area (Å²) in [4.78, 5) is 21.3. The van der Waals surface area contributed by atoms with Gasteiger partial charge in [-0.1, -0.05) is 48.5 Å². The van der Waals surface area contributed by atoms with E-state index in [2.05, 4.69) is 21.3 Å². The number of nitrogens with zero attached hydrogens (tertiary/aromatic N) is 6. The van der Waals surface area contributed by atoms with Crippen molar-refractivity contribution < 1.29 is 13.9 Å². The quantitative estimate of drug-likeness (QED) is 0.322. The fourth-order valence-electron chi connectivity index (χ4n) is 4.90. The molecule has 1 aliphatic heterocycles. The molecule has 1 unspecified atom stereocenters. The molecular weight excluding hydrogens is 553 g/mol. The molecule has 0 bridgehead atoms. The Hall–Kier alpha value is -4.63. The molecule has 42 heavy (non-hydrogen) atoms. The van der Waals surface area contributed by atoms with Gasteiger partial charge in [0.05, 0.1) is 6.61 Å². The third-order valence-corrected chi connectivity index (χ3v) is 7.49. The molecule has 1 atom stereocenters. The maximum absolute atomic E-state index is 13.4. The largest absolute Gasteiger partial charge is 0.356 e. The minimum Gasteiger partial charge on any atom is -0.356 e. The average Bonchev–Trinajstić information content (AvgIpc) is 3.01. The van der Waals surface area contributed by atoms with E-state index < -0.39 is 12.3 Å². The van der Waals surface area contributed by atoms with Gasteiger partial charge in [0.2, 0.25) is 0 Å². The highest BCUT2D eigenvalue weighted by Crippen LogP contribution is 2.26. The number of halogens is 1. The van der Waals surface area contributed by atoms with Crippen molar-refractivity contribution in [3.63, 3.8) is 0 Å². The van der Waals surface area contributed by atoms with E-state index in [1.165, 1.54) is 12.1 Å². The zero-order chi connectivity index (χ0) is 29.6. The fourth-order valence-corrected chi connectivity index (χ4v) is 5.18. The van der Waals surface area contributed by atoms with Crippen LogP contribution in [0.25, 0.3) is 5.69 Å². The average molecular weight is 584 g/mol. The molecule has 0 radical (unpaired) electrons. The van der Waals surface area contributed by atoms with Crippen molar-refractivity contribution in [2.75, 3.05) is 37.0 Å². The van der Waals surface area contributed by atoms with Gasteiger partial charge in [0, 0.05) is 45.1 Å². The smallest absolute Gasteiger partial charge is 0.347 e. The summed E-state index contributed by atoms with van der Waals surface area (Å²) in [6.07, 6.45) is -0.450. The van der Waals surface area contributed by atoms with Crippen molar-refractivity contribution in [3.8, 4) is 11.8 Å². The van der Waals surface area contributed by atoms with Crippen LogP contribution < -0.4 is 15.7 Å². The summed E-state index contributed by atoms with van der Waals surface area (Å²) >= 11 is 5.90. The number of nitriles is 1. The van der Waals surface area contributed by atoms with Crippen molar-refractivity contribution in [1.29, 1.82) is 5.26 Å². The molecule has 3 aromatic carbocycles. The predicted octanol–water partition coefficient (Wildman–Crippen LogP) is 4.98. The van der Waals surface area contributed by atoms with Crippen LogP contribution in [0.4, 0.5) is 20.7 Å². The summed E-state index contributed by atoms with van der Waals surface area (Å²) in [5, 5.41) is 13.2. The number of rotatable bonds is 6. The van der Waals surface area contributed by atoms with Crippen LogP contribution in [-0.4, -0.2) is 53.0 Å². The van der Waals surface area contributed by atoms with Crippen molar-refractivity contribution in [1.82, 2.24) is 14.0 Å². The first-order chi connectivity index (χ1) is 20.4. The van der Waals surface area contributed by atoms with Crippen molar-refractivity contribution in [2.24, 2.45) is 12.0 Å². The third-order valence-electron chi connectivity index (χ3n) is 7.03. The summed E-state index contributed by atoms with van der Waals surface area (Å²) in [5.74, 6) is 0.176. The lowest BCUT2D eigenvalue weighted by molar-refractivity contribution is -0.0303. The van der Waals surface area contributed by atoms with Crippen LogP contribution in [0.2, 0.25) is 0 Å². The Morgan fingerprint density at radius 2 is 1.79 bits per heavy atom. The number of likely N-dealkylation sites (N-methyl/N-ethyl adjacent to an activating group) is 1. The zero-order valence-corrected chi connectivity index (χ0v) is 24.1. The highest BCUT2D eigenvalue weighted by Gasteiger charge is 2.29. The van der Waals surface area contributed by atoms with Crippen LogP contribution >= 0.6 is 12.2 Å². The molecular formula is C31H30FN7O2S. The molecule has 1 fully saturated rings. The van der Waals surface area contributed by atoms with Crippen LogP contribution in [0.3, 0.4) is 0 Å². The number of morpholine rings is 1. The van der Waals surface area contributed by atoms with Crippen molar-refractivity contribution >= 4 is 29.8 Å². The van der Waals surface area contributed by atoms with Gasteiger partial charge in [-0.05, 0) is 54.2 Å². The van der Waals surface area contributed by atoms with Gasteiger partial charge in [-0.25, -0.2) is 9.18 Å². The monoisotopic (exact) mass is 583 g/mol. The number of aromatic nitrogens is 2. The molecule has 11 heteroatoms. The highest BCUT2D eigenvalue weighted by molar-refractivity contribution is 7.71. The lowest BCUT2D eigenvalue weighted by Gasteiger charge is -2.39. The Labute approximate surface area is 248 Å². The Balaban J connectivity index is 1.58. The Kier molecular flexibility index (Phi) is 8.88. The third kappa shape index (κ3) is 6.31. The van der Waals surface area contributed by atoms with E-state index in [9.17, 15) is 14.4 Å². The maximum Gasteiger partial charge on any atom is 0.347 e. The Bertz CT molecular complexity index is 1730. The Morgan fingerprint density at radius 3 is 2.45 bits per heavy atom. The van der Waals surface area contributed by atoms with Crippen molar-refractivity contribution in [2.45, 2.75) is 12.8 Å². The number of nitrogens with one attached hydrogen (secondary N) is 1. The molecule has 2 heterocycles. The zero-order valence-electron chi connectivity index (χ0n) is 23.3. The van der Waals surface area contributed by atoms with Gasteiger partial charge >= 0.3 is 6.03 Å². The molecule has 1 aromatic heterocycles. The van der Waals surface area contributed by atoms with Crippen LogP contribution in [0.15, 0.2) is 89.9 Å². The molecule has 214 valence electrons. The number of ether oxygens (including phenoxy) is 1. The van der Waals surface area contributed by atoms with Gasteiger partial charge in [0.25, 0.3) is 0 Å². The van der Waals surface area contributed by atoms with Gasteiger partial charge in [0.15, 0.2) is 10.3 Å². The van der Waals surface area contributed by atoms with Gasteiger partial charge in [-0.2, -0.15) is 10.3 Å². The molecule has 1 saturated heterocycles. The number of hydrogen-bond acceptors (Lipinski definition) is 6. The first kappa shape index (κ1) is 28.9. The van der Waals surface area contributed by atoms with E-state index in [0.29, 0.717) is 42.5 Å². The molecule has 1 N–H and O–H groups in total. The summed E-state index contributed by atoms with van der Waals surface area (Å²) < 4.78 is 23.3. The van der Waals surface area contributed by atoms with Crippen molar-refractivity contribution in [3.05, 3.63) is 112 Å². The van der Waals surface area contributed by atoms with E-state index in [-0.39, 0.29) is 16.9 Å². The molecule has 1 aliphatic rings. The minimum absolute atomic E-state index is 0.129. The van der Waals surface area contributed by atoms with E-state index >= 15 is 0 Å². The van der Waals surface area contributed by atoms with E-state index in [4.69, 9.17) is 17.0 Å². The molecule has 4 aromatic rings. The molecule has 0 saturated carbocycles. The number of urea groups is 1. The number of carbonyl (C=O) groups is 1. The number of anilines is 2. The van der Waals surface area contributed by atoms with Crippen LogP contribution in [0.1, 0.15) is 11.1 Å². The second kappa shape index (κ2) is 12.9. The van der Waals surface area contributed by atoms with Gasteiger partial charge in [0.1, 0.15) is 29.5 Å². The van der Waals surface area contributed by atoms with Gasteiger partial charge in [-0.15, -0.1) is 0 Å². The normalized spacial score (nSPS) is 15.7. The first-order valence-corrected chi connectivity index (χ1v) is 13.8. The number of carbonyl (C=O) groups excluding carboxylic acids is 1. The van der Waals surface area contributed by atoms with E-state index in [0.717, 1.165) is 11.3 Å². The lowest BCUT2D eigenvalue weighted by Crippen LogP contribution is -2.51. The second-order valence-corrected chi connectivity index (χ2v) is 10.2. The van der Waals surface area contributed by atoms with Gasteiger partial charge in [-0.3, -0.25) is 9.47 Å².